The minimum absolute atomic E-state index is 0.343. The number of fused-ring (bicyclic) bond motifs is 11. The van der Waals surface area contributed by atoms with Gasteiger partial charge >= 0.3 is 0 Å². The first-order valence-corrected chi connectivity index (χ1v) is 16.3. The van der Waals surface area contributed by atoms with Crippen molar-refractivity contribution in [2.75, 3.05) is 0 Å². The number of benzene rings is 7. The summed E-state index contributed by atoms with van der Waals surface area (Å²) < 4.78 is 0. The molecule has 10 rings (SSSR count). The number of aromatic nitrogens is 1. The highest BCUT2D eigenvalue weighted by Gasteiger charge is 2.51. The molecule has 218 valence electrons. The summed E-state index contributed by atoms with van der Waals surface area (Å²) in [6, 6.07) is 64.3. The van der Waals surface area contributed by atoms with Crippen molar-refractivity contribution in [2.24, 2.45) is 0 Å². The highest BCUT2D eigenvalue weighted by Crippen LogP contribution is 2.63. The van der Waals surface area contributed by atoms with E-state index in [-0.39, 0.29) is 5.41 Å². The second kappa shape index (κ2) is 9.97. The maximum absolute atomic E-state index is 5.06. The first-order chi connectivity index (χ1) is 23.3. The van der Waals surface area contributed by atoms with Gasteiger partial charge in [0.25, 0.3) is 0 Å². The lowest BCUT2D eigenvalue weighted by Crippen LogP contribution is -2.25. The lowest BCUT2D eigenvalue weighted by molar-refractivity contribution is 0.794. The summed E-state index contributed by atoms with van der Waals surface area (Å²) >= 11 is 0. The SMILES string of the molecule is c1ccc(-c2ccc3c(-c4cccc(-c5cccc6c5-c5ccccc5C65c6ccccc6-c6ccccc65)c4)cccc3n2)cc1. The molecule has 47 heavy (non-hydrogen) atoms. The smallest absolute Gasteiger partial charge is 0.0725 e. The van der Waals surface area contributed by atoms with Gasteiger partial charge in [0.15, 0.2) is 0 Å². The minimum Gasteiger partial charge on any atom is -0.248 e. The summed E-state index contributed by atoms with van der Waals surface area (Å²) in [5.74, 6) is 0. The average molecular weight is 596 g/mol. The summed E-state index contributed by atoms with van der Waals surface area (Å²) in [7, 11) is 0. The van der Waals surface area contributed by atoms with Crippen LogP contribution in [-0.2, 0) is 5.41 Å². The van der Waals surface area contributed by atoms with Crippen molar-refractivity contribution in [3.63, 3.8) is 0 Å². The zero-order chi connectivity index (χ0) is 31.0. The molecule has 0 N–H and O–H groups in total. The van der Waals surface area contributed by atoms with Crippen LogP contribution in [0.5, 0.6) is 0 Å². The quantitative estimate of drug-likeness (QED) is 0.198. The molecule has 1 heteroatoms. The van der Waals surface area contributed by atoms with E-state index in [9.17, 15) is 0 Å². The van der Waals surface area contributed by atoms with E-state index < -0.39 is 0 Å². The zero-order valence-corrected chi connectivity index (χ0v) is 25.7. The first kappa shape index (κ1) is 26.2. The van der Waals surface area contributed by atoms with Crippen LogP contribution in [-0.4, -0.2) is 4.98 Å². The van der Waals surface area contributed by atoms with E-state index in [0.717, 1.165) is 22.2 Å². The van der Waals surface area contributed by atoms with Gasteiger partial charge in [-0.3, -0.25) is 0 Å². The molecule has 0 saturated heterocycles. The van der Waals surface area contributed by atoms with Crippen molar-refractivity contribution < 1.29 is 0 Å². The molecule has 0 saturated carbocycles. The highest BCUT2D eigenvalue weighted by atomic mass is 14.7. The molecule has 1 nitrogen and oxygen atoms in total. The number of hydrogen-bond acceptors (Lipinski definition) is 1. The lowest BCUT2D eigenvalue weighted by Gasteiger charge is -2.30. The Morgan fingerprint density at radius 2 is 0.851 bits per heavy atom. The molecule has 2 aliphatic carbocycles. The highest BCUT2D eigenvalue weighted by molar-refractivity contribution is 6.01. The van der Waals surface area contributed by atoms with Crippen molar-refractivity contribution in [2.45, 2.75) is 5.41 Å². The first-order valence-electron chi connectivity index (χ1n) is 16.3. The Kier molecular flexibility index (Phi) is 5.56. The van der Waals surface area contributed by atoms with E-state index in [4.69, 9.17) is 4.98 Å². The van der Waals surface area contributed by atoms with Gasteiger partial charge in [0, 0.05) is 10.9 Å². The van der Waals surface area contributed by atoms with E-state index in [1.165, 1.54) is 66.8 Å². The average Bonchev–Trinajstić information content (AvgIpc) is 3.62. The maximum atomic E-state index is 5.06. The summed E-state index contributed by atoms with van der Waals surface area (Å²) in [5, 5.41) is 1.16. The van der Waals surface area contributed by atoms with Crippen molar-refractivity contribution in [1.82, 2.24) is 4.98 Å². The van der Waals surface area contributed by atoms with Crippen LogP contribution in [0.1, 0.15) is 22.3 Å². The van der Waals surface area contributed by atoms with Crippen LogP contribution in [0.15, 0.2) is 176 Å². The van der Waals surface area contributed by atoms with E-state index in [0.29, 0.717) is 0 Å². The van der Waals surface area contributed by atoms with Gasteiger partial charge in [-0.2, -0.15) is 0 Å². The molecular weight excluding hydrogens is 567 g/mol. The Bertz CT molecular complexity index is 2480. The molecule has 1 heterocycles. The number of rotatable bonds is 3. The van der Waals surface area contributed by atoms with E-state index in [2.05, 4.69) is 170 Å². The third kappa shape index (κ3) is 3.63. The van der Waals surface area contributed by atoms with Gasteiger partial charge in [-0.1, -0.05) is 158 Å². The van der Waals surface area contributed by atoms with Crippen molar-refractivity contribution in [1.29, 1.82) is 0 Å². The molecule has 0 amide bonds. The Labute approximate surface area is 274 Å². The molecule has 1 aromatic heterocycles. The van der Waals surface area contributed by atoms with Crippen LogP contribution in [0.2, 0.25) is 0 Å². The third-order valence-corrected chi connectivity index (χ3v) is 10.3. The van der Waals surface area contributed by atoms with Crippen LogP contribution < -0.4 is 0 Å². The van der Waals surface area contributed by atoms with Gasteiger partial charge < -0.3 is 0 Å². The van der Waals surface area contributed by atoms with Crippen LogP contribution in [0.3, 0.4) is 0 Å². The largest absolute Gasteiger partial charge is 0.248 e. The molecule has 7 aromatic carbocycles. The minimum atomic E-state index is -0.343. The van der Waals surface area contributed by atoms with Gasteiger partial charge in [0.2, 0.25) is 0 Å². The van der Waals surface area contributed by atoms with Crippen LogP contribution in [0.25, 0.3) is 66.7 Å². The van der Waals surface area contributed by atoms with E-state index in [1.54, 1.807) is 0 Å². The Morgan fingerprint density at radius 1 is 0.340 bits per heavy atom. The normalized spacial score (nSPS) is 13.3. The Balaban J connectivity index is 1.17. The molecule has 8 aromatic rings. The zero-order valence-electron chi connectivity index (χ0n) is 25.7. The molecule has 0 fully saturated rings. The predicted molar refractivity (Wildman–Crippen MR) is 194 cm³/mol. The van der Waals surface area contributed by atoms with Gasteiger partial charge in [-0.05, 0) is 85.0 Å². The molecule has 0 aliphatic heterocycles. The summed E-state index contributed by atoms with van der Waals surface area (Å²) in [4.78, 5) is 5.06. The van der Waals surface area contributed by atoms with E-state index in [1.807, 2.05) is 6.07 Å². The fraction of sp³-hybridized carbons (Fsp3) is 0.0217. The molecular formula is C46H29N. The van der Waals surface area contributed by atoms with Crippen LogP contribution in [0, 0.1) is 0 Å². The van der Waals surface area contributed by atoms with Gasteiger partial charge in [-0.15, -0.1) is 0 Å². The number of nitrogens with zero attached hydrogens (tertiary/aromatic N) is 1. The molecule has 0 unspecified atom stereocenters. The number of hydrogen-bond donors (Lipinski definition) is 0. The monoisotopic (exact) mass is 595 g/mol. The maximum Gasteiger partial charge on any atom is 0.0725 e. The van der Waals surface area contributed by atoms with Gasteiger partial charge in [0.1, 0.15) is 0 Å². The topological polar surface area (TPSA) is 12.9 Å². The van der Waals surface area contributed by atoms with Crippen molar-refractivity contribution in [3.8, 4) is 55.8 Å². The predicted octanol–water partition coefficient (Wildman–Crippen LogP) is 11.6. The second-order valence-corrected chi connectivity index (χ2v) is 12.6. The fourth-order valence-corrected chi connectivity index (χ4v) is 8.41. The molecule has 0 atom stereocenters. The Hall–Kier alpha value is -6.05. The summed E-state index contributed by atoms with van der Waals surface area (Å²) in [5.41, 5.74) is 18.4. The molecule has 0 radical (unpaired) electrons. The molecule has 2 aliphatic rings. The number of pyridine rings is 1. The summed E-state index contributed by atoms with van der Waals surface area (Å²) in [6.07, 6.45) is 0. The van der Waals surface area contributed by atoms with Crippen LogP contribution >= 0.6 is 0 Å². The Morgan fingerprint density at radius 3 is 1.60 bits per heavy atom. The van der Waals surface area contributed by atoms with Crippen molar-refractivity contribution >= 4 is 10.9 Å². The third-order valence-electron chi connectivity index (χ3n) is 10.3. The van der Waals surface area contributed by atoms with Crippen LogP contribution in [0.4, 0.5) is 0 Å². The fourth-order valence-electron chi connectivity index (χ4n) is 8.41. The van der Waals surface area contributed by atoms with Crippen molar-refractivity contribution in [3.05, 3.63) is 198 Å². The molecule has 0 bridgehead atoms. The lowest BCUT2D eigenvalue weighted by atomic mass is 9.70. The standard InChI is InChI=1S/C46H29N/c1-2-13-30(14-3-1)43-28-27-37-33(20-12-26-44(37)47-43)31-15-10-16-32(29-31)34-21-11-25-42-45(34)38-19-6-9-24-41(38)46(42)39-22-7-4-17-35(39)36-18-5-8-23-40(36)46/h1-29H. The molecule has 1 spiro atoms. The second-order valence-electron chi connectivity index (χ2n) is 12.6. The van der Waals surface area contributed by atoms with E-state index >= 15 is 0 Å². The van der Waals surface area contributed by atoms with Gasteiger partial charge in [0.05, 0.1) is 16.6 Å². The van der Waals surface area contributed by atoms with Gasteiger partial charge in [-0.25, -0.2) is 4.98 Å². The summed E-state index contributed by atoms with van der Waals surface area (Å²) in [6.45, 7) is 0.